The lowest BCUT2D eigenvalue weighted by Crippen LogP contribution is -2.48. The Kier molecular flexibility index (Phi) is 10.2. The van der Waals surface area contributed by atoms with Gasteiger partial charge in [0.05, 0.1) is 11.9 Å². The van der Waals surface area contributed by atoms with Crippen LogP contribution in [0.4, 0.5) is 10.1 Å². The van der Waals surface area contributed by atoms with Gasteiger partial charge in [0.25, 0.3) is 0 Å². The van der Waals surface area contributed by atoms with E-state index in [1.165, 1.54) is 23.1 Å². The average Bonchev–Trinajstić information content (AvgIpc) is 2.79. The molecule has 0 unspecified atom stereocenters. The molecule has 0 aliphatic carbocycles. The second-order valence-corrected chi connectivity index (χ2v) is 11.1. The van der Waals surface area contributed by atoms with Gasteiger partial charge in [-0.3, -0.25) is 13.9 Å². The maximum absolute atomic E-state index is 14.3. The van der Waals surface area contributed by atoms with Crippen molar-refractivity contribution < 1.29 is 22.4 Å². The molecule has 0 spiro atoms. The van der Waals surface area contributed by atoms with E-state index in [2.05, 4.69) is 5.32 Å². The molecule has 0 bridgehead atoms. The van der Waals surface area contributed by atoms with Gasteiger partial charge in [0, 0.05) is 26.1 Å². The second-order valence-electron chi connectivity index (χ2n) is 9.21. The smallest absolute Gasteiger partial charge is 0.242 e. The SMILES string of the molecule is Cc1ccc(CN(C(=O)CCCN(c2ccccc2F)S(C)(=O)=O)[C@@H](C)C(=O)NCC(C)C)cc1. The van der Waals surface area contributed by atoms with Crippen LogP contribution in [0.2, 0.25) is 0 Å². The zero-order chi connectivity index (χ0) is 26.2. The summed E-state index contributed by atoms with van der Waals surface area (Å²) in [6.45, 7) is 8.33. The molecule has 1 N–H and O–H groups in total. The maximum Gasteiger partial charge on any atom is 0.242 e. The van der Waals surface area contributed by atoms with Gasteiger partial charge >= 0.3 is 0 Å². The van der Waals surface area contributed by atoms with Gasteiger partial charge < -0.3 is 10.2 Å². The van der Waals surface area contributed by atoms with Crippen molar-refractivity contribution in [2.24, 2.45) is 5.92 Å². The molecule has 2 aromatic rings. The van der Waals surface area contributed by atoms with Crippen LogP contribution in [0.3, 0.4) is 0 Å². The predicted octanol–water partition coefficient (Wildman–Crippen LogP) is 3.87. The van der Waals surface area contributed by atoms with Gasteiger partial charge in [-0.2, -0.15) is 0 Å². The van der Waals surface area contributed by atoms with E-state index in [-0.39, 0.29) is 49.4 Å². The molecule has 0 heterocycles. The van der Waals surface area contributed by atoms with E-state index in [0.717, 1.165) is 21.7 Å². The number of sulfonamides is 1. The van der Waals surface area contributed by atoms with Crippen molar-refractivity contribution in [1.82, 2.24) is 10.2 Å². The number of amides is 2. The van der Waals surface area contributed by atoms with Gasteiger partial charge in [0.1, 0.15) is 11.9 Å². The maximum atomic E-state index is 14.3. The number of hydrogen-bond donors (Lipinski definition) is 1. The van der Waals surface area contributed by atoms with E-state index < -0.39 is 21.9 Å². The lowest BCUT2D eigenvalue weighted by Gasteiger charge is -2.29. The number of nitrogens with zero attached hydrogens (tertiary/aromatic N) is 2. The van der Waals surface area contributed by atoms with E-state index in [1.54, 1.807) is 13.0 Å². The Labute approximate surface area is 208 Å². The first-order valence-corrected chi connectivity index (χ1v) is 13.6. The summed E-state index contributed by atoms with van der Waals surface area (Å²) in [6.07, 6.45) is 1.19. The molecule has 0 aliphatic heterocycles. The number of aryl methyl sites for hydroxylation is 1. The topological polar surface area (TPSA) is 86.8 Å². The van der Waals surface area contributed by atoms with Crippen molar-refractivity contribution in [2.75, 3.05) is 23.7 Å². The van der Waals surface area contributed by atoms with Gasteiger partial charge in [0.15, 0.2) is 0 Å². The number of carbonyl (C=O) groups is 2. The number of nitrogens with one attached hydrogen (secondary N) is 1. The van der Waals surface area contributed by atoms with Crippen LogP contribution in [0.5, 0.6) is 0 Å². The monoisotopic (exact) mass is 505 g/mol. The van der Waals surface area contributed by atoms with Crippen LogP contribution in [-0.2, 0) is 26.2 Å². The summed E-state index contributed by atoms with van der Waals surface area (Å²) in [5.74, 6) is -0.906. The molecule has 1 atom stereocenters. The number of carbonyl (C=O) groups excluding carboxylic acids is 2. The molecular formula is C26H36FN3O4S. The summed E-state index contributed by atoms with van der Waals surface area (Å²) in [5, 5.41) is 2.87. The molecule has 0 aliphatic rings. The molecule has 2 amide bonds. The number of anilines is 1. The van der Waals surface area contributed by atoms with Crippen LogP contribution in [0.15, 0.2) is 48.5 Å². The Morgan fingerprint density at radius 1 is 1.03 bits per heavy atom. The van der Waals surface area contributed by atoms with Gasteiger partial charge in [-0.05, 0) is 43.9 Å². The molecule has 35 heavy (non-hydrogen) atoms. The molecule has 7 nitrogen and oxygen atoms in total. The van der Waals surface area contributed by atoms with Gasteiger partial charge in [-0.25, -0.2) is 12.8 Å². The quantitative estimate of drug-likeness (QED) is 0.475. The molecule has 0 fully saturated rings. The molecule has 0 saturated heterocycles. The van der Waals surface area contributed by atoms with Gasteiger partial charge in [0.2, 0.25) is 21.8 Å². The standard InChI is InChI=1S/C26H36FN3O4S/c1-19(2)17-28-26(32)21(4)29(18-22-14-12-20(3)13-15-22)25(31)11-8-16-30(35(5,33)34)24-10-7-6-9-23(24)27/h6-7,9-10,12-15,19,21H,8,11,16-18H2,1-5H3,(H,28,32)/t21-/m0/s1. The highest BCUT2D eigenvalue weighted by atomic mass is 32.2. The van der Waals surface area contributed by atoms with Crippen molar-refractivity contribution in [3.8, 4) is 0 Å². The summed E-state index contributed by atoms with van der Waals surface area (Å²) >= 11 is 0. The molecular weight excluding hydrogens is 469 g/mol. The molecule has 0 saturated carbocycles. The summed E-state index contributed by atoms with van der Waals surface area (Å²) < 4.78 is 39.8. The highest BCUT2D eigenvalue weighted by molar-refractivity contribution is 7.92. The van der Waals surface area contributed by atoms with Crippen LogP contribution < -0.4 is 9.62 Å². The molecule has 0 radical (unpaired) electrons. The summed E-state index contributed by atoms with van der Waals surface area (Å²) in [6, 6.07) is 12.6. The van der Waals surface area contributed by atoms with Crippen molar-refractivity contribution >= 4 is 27.5 Å². The normalized spacial score (nSPS) is 12.3. The first-order chi connectivity index (χ1) is 16.4. The molecule has 9 heteroatoms. The highest BCUT2D eigenvalue weighted by Crippen LogP contribution is 2.22. The molecule has 0 aromatic heterocycles. The van der Waals surface area contributed by atoms with Crippen molar-refractivity contribution in [2.45, 2.75) is 53.1 Å². The van der Waals surface area contributed by atoms with Crippen LogP contribution in [0, 0.1) is 18.7 Å². The third-order valence-corrected chi connectivity index (χ3v) is 6.78. The lowest BCUT2D eigenvalue weighted by atomic mass is 10.1. The third-order valence-electron chi connectivity index (χ3n) is 5.60. The van der Waals surface area contributed by atoms with E-state index in [0.29, 0.717) is 6.54 Å². The molecule has 192 valence electrons. The average molecular weight is 506 g/mol. The van der Waals surface area contributed by atoms with E-state index in [9.17, 15) is 22.4 Å². The van der Waals surface area contributed by atoms with E-state index in [1.807, 2.05) is 45.0 Å². The second kappa shape index (κ2) is 12.7. The Balaban J connectivity index is 2.16. The minimum atomic E-state index is -3.75. The molecule has 2 rings (SSSR count). The van der Waals surface area contributed by atoms with E-state index >= 15 is 0 Å². The first-order valence-electron chi connectivity index (χ1n) is 11.7. The van der Waals surface area contributed by atoms with Crippen LogP contribution in [-0.4, -0.2) is 50.5 Å². The fourth-order valence-electron chi connectivity index (χ4n) is 3.56. The van der Waals surface area contributed by atoms with Gasteiger partial charge in [-0.15, -0.1) is 0 Å². The number of para-hydroxylation sites is 1. The number of benzene rings is 2. The van der Waals surface area contributed by atoms with Crippen molar-refractivity contribution in [3.63, 3.8) is 0 Å². The van der Waals surface area contributed by atoms with Gasteiger partial charge in [-0.1, -0.05) is 55.8 Å². The Morgan fingerprint density at radius 3 is 2.23 bits per heavy atom. The largest absolute Gasteiger partial charge is 0.354 e. The summed E-state index contributed by atoms with van der Waals surface area (Å²) in [4.78, 5) is 27.5. The van der Waals surface area contributed by atoms with Crippen molar-refractivity contribution in [3.05, 3.63) is 65.5 Å². The first kappa shape index (κ1) is 28.3. The lowest BCUT2D eigenvalue weighted by molar-refractivity contribution is -0.140. The van der Waals surface area contributed by atoms with Crippen LogP contribution in [0.25, 0.3) is 0 Å². The predicted molar refractivity (Wildman–Crippen MR) is 137 cm³/mol. The Hall–Kier alpha value is -2.94. The number of hydrogen-bond acceptors (Lipinski definition) is 4. The Morgan fingerprint density at radius 2 is 1.66 bits per heavy atom. The Bertz CT molecular complexity index is 1100. The summed E-state index contributed by atoms with van der Waals surface area (Å²) in [5.41, 5.74) is 1.92. The molecule has 2 aromatic carbocycles. The minimum Gasteiger partial charge on any atom is -0.354 e. The highest BCUT2D eigenvalue weighted by Gasteiger charge is 2.27. The van der Waals surface area contributed by atoms with Crippen LogP contribution in [0.1, 0.15) is 44.7 Å². The fourth-order valence-corrected chi connectivity index (χ4v) is 4.53. The van der Waals surface area contributed by atoms with Crippen molar-refractivity contribution in [1.29, 1.82) is 0 Å². The number of rotatable bonds is 12. The fraction of sp³-hybridized carbons (Fsp3) is 0.462. The zero-order valence-corrected chi connectivity index (χ0v) is 21.9. The zero-order valence-electron chi connectivity index (χ0n) is 21.1. The van der Waals surface area contributed by atoms with E-state index in [4.69, 9.17) is 0 Å². The third kappa shape index (κ3) is 8.65. The van der Waals surface area contributed by atoms with Crippen LogP contribution >= 0.6 is 0 Å². The summed E-state index contributed by atoms with van der Waals surface area (Å²) in [7, 11) is -3.75. The minimum absolute atomic E-state index is 0.00807. The number of halogens is 1.